The van der Waals surface area contributed by atoms with Gasteiger partial charge < -0.3 is 9.84 Å². The molecule has 1 fully saturated rings. The van der Waals surface area contributed by atoms with Crippen molar-refractivity contribution in [3.05, 3.63) is 71.3 Å². The molecule has 4 heteroatoms. The van der Waals surface area contributed by atoms with E-state index < -0.39 is 11.0 Å². The molecule has 0 saturated carbocycles. The van der Waals surface area contributed by atoms with Gasteiger partial charge in [-0.25, -0.2) is 0 Å². The van der Waals surface area contributed by atoms with Crippen LogP contribution in [0.5, 0.6) is 0 Å². The molecule has 0 amide bonds. The lowest BCUT2D eigenvalue weighted by molar-refractivity contribution is -0.159. The van der Waals surface area contributed by atoms with Gasteiger partial charge in [0.1, 0.15) is 5.60 Å². The summed E-state index contributed by atoms with van der Waals surface area (Å²) >= 11 is 0. The third-order valence-corrected chi connectivity index (χ3v) is 5.62. The third-order valence-electron chi connectivity index (χ3n) is 5.62. The summed E-state index contributed by atoms with van der Waals surface area (Å²) in [7, 11) is 0. The van der Waals surface area contributed by atoms with Crippen LogP contribution in [0.3, 0.4) is 0 Å². The Balaban J connectivity index is 1.73. The van der Waals surface area contributed by atoms with E-state index in [1.165, 1.54) is 11.1 Å². The minimum atomic E-state index is -0.998. The number of piperidine rings is 1. The van der Waals surface area contributed by atoms with E-state index in [-0.39, 0.29) is 5.97 Å². The van der Waals surface area contributed by atoms with Crippen molar-refractivity contribution in [3.63, 3.8) is 0 Å². The molecule has 1 aliphatic rings. The molecule has 2 aromatic carbocycles. The fourth-order valence-electron chi connectivity index (χ4n) is 4.19. The zero-order valence-electron chi connectivity index (χ0n) is 18.9. The Hall–Kier alpha value is -2.61. The van der Waals surface area contributed by atoms with Gasteiger partial charge in [-0.2, -0.15) is 0 Å². The summed E-state index contributed by atoms with van der Waals surface area (Å²) in [6.45, 7) is 8.08. The summed E-state index contributed by atoms with van der Waals surface area (Å²) in [5, 5.41) is 9.77. The summed E-state index contributed by atoms with van der Waals surface area (Å²) in [5.41, 5.74) is 1.74. The lowest BCUT2D eigenvalue weighted by Gasteiger charge is -2.41. The summed E-state index contributed by atoms with van der Waals surface area (Å²) in [5.74, 6) is 5.77. The maximum atomic E-state index is 13.0. The molecule has 1 heterocycles. The highest BCUT2D eigenvalue weighted by Gasteiger charge is 2.43. The highest BCUT2D eigenvalue weighted by molar-refractivity contribution is 5.77. The second-order valence-corrected chi connectivity index (χ2v) is 8.98. The summed E-state index contributed by atoms with van der Waals surface area (Å²) in [6.07, 6.45) is 2.53. The summed E-state index contributed by atoms with van der Waals surface area (Å²) in [4.78, 5) is 15.4. The van der Waals surface area contributed by atoms with E-state index in [1.807, 2.05) is 37.3 Å². The van der Waals surface area contributed by atoms with E-state index in [0.29, 0.717) is 19.6 Å². The SMILES string of the molecule is CCOC(=O)[C@]1(Cc2ccccc2)CCCN(Cc2ccc(C#CC(C)(C)O)cc2)C1. The van der Waals surface area contributed by atoms with Crippen LogP contribution >= 0.6 is 0 Å². The highest BCUT2D eigenvalue weighted by atomic mass is 16.5. The van der Waals surface area contributed by atoms with Gasteiger partial charge in [0.05, 0.1) is 12.0 Å². The van der Waals surface area contributed by atoms with Crippen molar-refractivity contribution >= 4 is 5.97 Å². The van der Waals surface area contributed by atoms with E-state index in [0.717, 1.165) is 31.5 Å². The summed E-state index contributed by atoms with van der Waals surface area (Å²) in [6, 6.07) is 18.4. The van der Waals surface area contributed by atoms with Crippen LogP contribution in [0.2, 0.25) is 0 Å². The quantitative estimate of drug-likeness (QED) is 0.563. The number of nitrogens with zero attached hydrogens (tertiary/aromatic N) is 1. The van der Waals surface area contributed by atoms with Gasteiger partial charge in [0.15, 0.2) is 0 Å². The van der Waals surface area contributed by atoms with Crippen molar-refractivity contribution < 1.29 is 14.6 Å². The molecular weight excluding hydrogens is 386 g/mol. The van der Waals surface area contributed by atoms with Crippen LogP contribution in [0.25, 0.3) is 0 Å². The van der Waals surface area contributed by atoms with Gasteiger partial charge in [-0.1, -0.05) is 54.3 Å². The predicted octanol–water partition coefficient (Wildman–Crippen LogP) is 4.20. The Labute approximate surface area is 186 Å². The first-order valence-corrected chi connectivity index (χ1v) is 11.1. The number of rotatable bonds is 6. The number of carbonyl (C=O) groups excluding carboxylic acids is 1. The number of hydrogen-bond donors (Lipinski definition) is 1. The first-order valence-electron chi connectivity index (χ1n) is 11.1. The van der Waals surface area contributed by atoms with Gasteiger partial charge in [-0.15, -0.1) is 0 Å². The zero-order valence-corrected chi connectivity index (χ0v) is 18.9. The van der Waals surface area contributed by atoms with Gasteiger partial charge in [-0.3, -0.25) is 9.69 Å². The van der Waals surface area contributed by atoms with E-state index in [4.69, 9.17) is 4.74 Å². The van der Waals surface area contributed by atoms with Crippen molar-refractivity contribution in [1.29, 1.82) is 0 Å². The van der Waals surface area contributed by atoms with Crippen LogP contribution in [0.15, 0.2) is 54.6 Å². The number of aliphatic hydroxyl groups is 1. The molecule has 4 nitrogen and oxygen atoms in total. The standard InChI is InChI=1S/C27H33NO3/c1-4-31-25(29)27(19-23-9-6-5-7-10-23)16-8-18-28(21-27)20-24-13-11-22(12-14-24)15-17-26(2,3)30/h5-7,9-14,30H,4,8,16,18-21H2,1-3H3/t27-/m0/s1. The first kappa shape index (κ1) is 23.1. The number of carbonyl (C=O) groups is 1. The Bertz CT molecular complexity index is 919. The molecule has 0 unspecified atom stereocenters. The van der Waals surface area contributed by atoms with Gasteiger partial charge in [0.2, 0.25) is 0 Å². The van der Waals surface area contributed by atoms with Crippen LogP contribution in [0, 0.1) is 17.3 Å². The minimum Gasteiger partial charge on any atom is -0.466 e. The fourth-order valence-corrected chi connectivity index (χ4v) is 4.19. The largest absolute Gasteiger partial charge is 0.466 e. The van der Waals surface area contributed by atoms with Crippen molar-refractivity contribution in [1.82, 2.24) is 4.90 Å². The maximum Gasteiger partial charge on any atom is 0.313 e. The molecule has 0 bridgehead atoms. The van der Waals surface area contributed by atoms with Crippen LogP contribution in [-0.4, -0.2) is 41.3 Å². The minimum absolute atomic E-state index is 0.0826. The lowest BCUT2D eigenvalue weighted by Crippen LogP contribution is -2.49. The summed E-state index contributed by atoms with van der Waals surface area (Å²) < 4.78 is 5.52. The molecule has 0 spiro atoms. The molecule has 1 N–H and O–H groups in total. The normalized spacial score (nSPS) is 19.4. The average Bonchev–Trinajstić information content (AvgIpc) is 2.74. The average molecular weight is 420 g/mol. The van der Waals surface area contributed by atoms with Gasteiger partial charge >= 0.3 is 5.97 Å². The van der Waals surface area contributed by atoms with Crippen LogP contribution in [0.4, 0.5) is 0 Å². The zero-order chi connectivity index (χ0) is 22.3. The molecule has 1 aliphatic heterocycles. The molecule has 3 rings (SSSR count). The van der Waals surface area contributed by atoms with Crippen LogP contribution in [0.1, 0.15) is 50.3 Å². The van der Waals surface area contributed by atoms with Crippen molar-refractivity contribution in [2.75, 3.05) is 19.7 Å². The van der Waals surface area contributed by atoms with Crippen molar-refractivity contribution in [2.45, 2.75) is 52.2 Å². The maximum absolute atomic E-state index is 13.0. The molecule has 1 saturated heterocycles. The number of esters is 1. The van der Waals surface area contributed by atoms with Crippen LogP contribution in [-0.2, 0) is 22.5 Å². The topological polar surface area (TPSA) is 49.8 Å². The van der Waals surface area contributed by atoms with Crippen molar-refractivity contribution in [3.8, 4) is 11.8 Å². The predicted molar refractivity (Wildman–Crippen MR) is 123 cm³/mol. The Morgan fingerprint density at radius 1 is 1.13 bits per heavy atom. The molecule has 0 aromatic heterocycles. The molecule has 164 valence electrons. The van der Waals surface area contributed by atoms with E-state index in [1.54, 1.807) is 13.8 Å². The number of hydrogen-bond acceptors (Lipinski definition) is 4. The molecule has 2 aromatic rings. The molecular formula is C27H33NO3. The molecule has 0 aliphatic carbocycles. The Morgan fingerprint density at radius 3 is 2.48 bits per heavy atom. The van der Waals surface area contributed by atoms with Gasteiger partial charge in [-0.05, 0) is 69.8 Å². The third kappa shape index (κ3) is 6.69. The van der Waals surface area contributed by atoms with E-state index >= 15 is 0 Å². The molecule has 0 radical (unpaired) electrons. The highest BCUT2D eigenvalue weighted by Crippen LogP contribution is 2.36. The second-order valence-electron chi connectivity index (χ2n) is 8.98. The van der Waals surface area contributed by atoms with Crippen molar-refractivity contribution in [2.24, 2.45) is 5.41 Å². The monoisotopic (exact) mass is 419 g/mol. The van der Waals surface area contributed by atoms with Gasteiger partial charge in [0.25, 0.3) is 0 Å². The molecule has 31 heavy (non-hydrogen) atoms. The number of ether oxygens (including phenoxy) is 1. The lowest BCUT2D eigenvalue weighted by atomic mass is 9.75. The smallest absolute Gasteiger partial charge is 0.313 e. The van der Waals surface area contributed by atoms with Gasteiger partial charge in [0, 0.05) is 18.7 Å². The Morgan fingerprint density at radius 2 is 1.84 bits per heavy atom. The Kier molecular flexibility index (Phi) is 7.54. The molecule has 1 atom stereocenters. The first-order chi connectivity index (χ1) is 14.8. The van der Waals surface area contributed by atoms with E-state index in [9.17, 15) is 9.90 Å². The fraction of sp³-hybridized carbons (Fsp3) is 0.444. The van der Waals surface area contributed by atoms with E-state index in [2.05, 4.69) is 41.0 Å². The van der Waals surface area contributed by atoms with Crippen LogP contribution < -0.4 is 0 Å². The number of benzene rings is 2. The number of likely N-dealkylation sites (tertiary alicyclic amines) is 1. The second kappa shape index (κ2) is 10.1.